The molecule has 0 atom stereocenters. The Labute approximate surface area is 174 Å². The van der Waals surface area contributed by atoms with E-state index < -0.39 is 15.8 Å². The summed E-state index contributed by atoms with van der Waals surface area (Å²) in [6.07, 6.45) is 0. The summed E-state index contributed by atoms with van der Waals surface area (Å²) in [6, 6.07) is 4.02. The minimum atomic E-state index is -3.42. The number of sulfonamides is 1. The van der Waals surface area contributed by atoms with E-state index >= 15 is 0 Å². The van der Waals surface area contributed by atoms with Crippen molar-refractivity contribution in [3.63, 3.8) is 0 Å². The smallest absolute Gasteiger partial charge is 0.215 e. The Hall–Kier alpha value is -2.13. The molecule has 14 heteroatoms. The van der Waals surface area contributed by atoms with E-state index in [-0.39, 0.29) is 34.1 Å². The molecule has 0 radical (unpaired) electrons. The number of hydroxylamine groups is 1. The summed E-state index contributed by atoms with van der Waals surface area (Å²) >= 11 is 3.06. The largest absolute Gasteiger partial charge is 0.364 e. The Kier molecular flexibility index (Phi) is 7.13. The lowest BCUT2D eigenvalue weighted by Crippen LogP contribution is -2.47. The average Bonchev–Trinajstić information content (AvgIpc) is 3.17. The zero-order valence-corrected chi connectivity index (χ0v) is 17.5. The van der Waals surface area contributed by atoms with Crippen LogP contribution in [0.25, 0.3) is 0 Å². The first-order valence-corrected chi connectivity index (χ1v) is 11.0. The van der Waals surface area contributed by atoms with Crippen LogP contribution < -0.4 is 16.1 Å². The first-order valence-electron chi connectivity index (χ1n) is 8.60. The second-order valence-electron chi connectivity index (χ2n) is 6.02. The fourth-order valence-corrected chi connectivity index (χ4v) is 4.35. The minimum Gasteiger partial charge on any atom is -0.364 e. The van der Waals surface area contributed by atoms with E-state index in [1.165, 1.54) is 22.5 Å². The monoisotopic (exact) mass is 491 g/mol. The number of nitrogens with one attached hydrogen (secondary N) is 3. The molecule has 2 aromatic rings. The summed E-state index contributed by atoms with van der Waals surface area (Å²) in [5.41, 5.74) is 2.25. The van der Waals surface area contributed by atoms with E-state index in [9.17, 15) is 18.0 Å². The molecule has 0 unspecified atom stereocenters. The maximum absolute atomic E-state index is 13.4. The molecule has 1 aromatic heterocycles. The highest BCUT2D eigenvalue weighted by Gasteiger charge is 2.24. The lowest BCUT2D eigenvalue weighted by Gasteiger charge is -2.26. The molecule has 1 fully saturated rings. The number of aromatic nitrogens is 2. The van der Waals surface area contributed by atoms with E-state index in [0.717, 1.165) is 0 Å². The molecule has 158 valence electrons. The van der Waals surface area contributed by atoms with Crippen molar-refractivity contribution >= 4 is 43.3 Å². The predicted molar refractivity (Wildman–Crippen MR) is 106 cm³/mol. The third-order valence-electron chi connectivity index (χ3n) is 4.08. The number of nitrogens with zero attached hydrogens (tertiary/aromatic N) is 4. The van der Waals surface area contributed by atoms with E-state index in [1.54, 1.807) is 0 Å². The predicted octanol–water partition coefficient (Wildman–Crippen LogP) is 0.675. The maximum atomic E-state index is 13.4. The third-order valence-corrected chi connectivity index (χ3v) is 6.56. The van der Waals surface area contributed by atoms with Gasteiger partial charge in [-0.2, -0.15) is 4.31 Å². The molecule has 29 heavy (non-hydrogen) atoms. The standard InChI is InChI=1S/C15H19BrFN7O4S/c16-11-9-10(1-2-12(11)17)20-15(21-25)13-14(23-28-22-13)19-5-8-29(26,27)24-6-3-18-4-7-24/h1-2,9,18,25H,3-8H2,(H,19,23)(H,20,21). The van der Waals surface area contributed by atoms with Crippen molar-refractivity contribution in [1.82, 2.24) is 25.4 Å². The van der Waals surface area contributed by atoms with Crippen molar-refractivity contribution in [2.24, 2.45) is 4.99 Å². The van der Waals surface area contributed by atoms with Gasteiger partial charge >= 0.3 is 0 Å². The van der Waals surface area contributed by atoms with Crippen LogP contribution in [0.15, 0.2) is 32.3 Å². The topological polar surface area (TPSA) is 145 Å². The van der Waals surface area contributed by atoms with Crippen molar-refractivity contribution in [2.75, 3.05) is 43.8 Å². The van der Waals surface area contributed by atoms with Crippen LogP contribution in [-0.4, -0.2) is 72.6 Å². The second kappa shape index (κ2) is 9.58. The molecular weight excluding hydrogens is 473 g/mol. The molecule has 2 heterocycles. The molecule has 4 N–H and O–H groups in total. The van der Waals surface area contributed by atoms with Gasteiger partial charge in [-0.05, 0) is 44.4 Å². The van der Waals surface area contributed by atoms with Crippen molar-refractivity contribution in [2.45, 2.75) is 0 Å². The number of amidine groups is 1. The van der Waals surface area contributed by atoms with Gasteiger partial charge < -0.3 is 10.6 Å². The van der Waals surface area contributed by atoms with Gasteiger partial charge in [0.15, 0.2) is 11.5 Å². The Morgan fingerprint density at radius 1 is 1.38 bits per heavy atom. The quantitative estimate of drug-likeness (QED) is 0.249. The van der Waals surface area contributed by atoms with Gasteiger partial charge in [-0.1, -0.05) is 0 Å². The van der Waals surface area contributed by atoms with Crippen LogP contribution in [0.4, 0.5) is 15.9 Å². The summed E-state index contributed by atoms with van der Waals surface area (Å²) in [4.78, 5) is 4.14. The Bertz CT molecular complexity index is 979. The number of aliphatic imine (C=N–C) groups is 1. The van der Waals surface area contributed by atoms with E-state index in [0.29, 0.717) is 31.9 Å². The number of rotatable bonds is 7. The van der Waals surface area contributed by atoms with Gasteiger partial charge in [-0.3, -0.25) is 10.7 Å². The summed E-state index contributed by atoms with van der Waals surface area (Å²) in [6.45, 7) is 2.14. The second-order valence-corrected chi connectivity index (χ2v) is 8.97. The number of hydrogen-bond donors (Lipinski definition) is 4. The number of benzene rings is 1. The fourth-order valence-electron chi connectivity index (χ4n) is 2.62. The van der Waals surface area contributed by atoms with Crippen molar-refractivity contribution in [3.05, 3.63) is 34.2 Å². The highest BCUT2D eigenvalue weighted by atomic mass is 79.9. The minimum absolute atomic E-state index is 0.0347. The Morgan fingerprint density at radius 2 is 2.14 bits per heavy atom. The number of halogens is 2. The average molecular weight is 492 g/mol. The van der Waals surface area contributed by atoms with Gasteiger partial charge in [0.2, 0.25) is 15.8 Å². The van der Waals surface area contributed by atoms with Crippen LogP contribution in [0.2, 0.25) is 0 Å². The molecule has 11 nitrogen and oxygen atoms in total. The third kappa shape index (κ3) is 5.48. The number of hydrogen-bond acceptors (Lipinski definition) is 9. The highest BCUT2D eigenvalue weighted by molar-refractivity contribution is 9.10. The van der Waals surface area contributed by atoms with Gasteiger partial charge in [-0.25, -0.2) is 22.4 Å². The van der Waals surface area contributed by atoms with Crippen LogP contribution in [0, 0.1) is 5.82 Å². The summed E-state index contributed by atoms with van der Waals surface area (Å²) in [5.74, 6) is -0.624. The molecule has 1 aliphatic rings. The molecule has 0 saturated carbocycles. The van der Waals surface area contributed by atoms with Crippen LogP contribution in [0.3, 0.4) is 0 Å². The normalized spacial score (nSPS) is 16.0. The molecule has 0 spiro atoms. The zero-order chi connectivity index (χ0) is 20.9. The lowest BCUT2D eigenvalue weighted by molar-refractivity contribution is 0.234. The van der Waals surface area contributed by atoms with Crippen molar-refractivity contribution < 1.29 is 22.6 Å². The summed E-state index contributed by atoms with van der Waals surface area (Å²) < 4.78 is 44.4. The first-order chi connectivity index (χ1) is 13.9. The van der Waals surface area contributed by atoms with E-state index in [4.69, 9.17) is 0 Å². The van der Waals surface area contributed by atoms with Crippen LogP contribution in [0.5, 0.6) is 0 Å². The van der Waals surface area contributed by atoms with Crippen LogP contribution in [-0.2, 0) is 10.0 Å². The molecule has 1 aliphatic heterocycles. The summed E-state index contributed by atoms with van der Waals surface area (Å²) in [7, 11) is -3.42. The van der Waals surface area contributed by atoms with E-state index in [1.807, 2.05) is 5.48 Å². The first kappa shape index (κ1) is 21.6. The van der Waals surface area contributed by atoms with Gasteiger partial charge in [0.25, 0.3) is 0 Å². The fraction of sp³-hybridized carbons (Fsp3) is 0.400. The molecular formula is C15H19BrFN7O4S. The van der Waals surface area contributed by atoms with E-state index in [2.05, 4.69) is 46.5 Å². The van der Waals surface area contributed by atoms with Crippen LogP contribution >= 0.6 is 15.9 Å². The highest BCUT2D eigenvalue weighted by Crippen LogP contribution is 2.23. The Morgan fingerprint density at radius 3 is 2.83 bits per heavy atom. The molecule has 1 saturated heterocycles. The van der Waals surface area contributed by atoms with Crippen molar-refractivity contribution in [1.29, 1.82) is 0 Å². The molecule has 0 aliphatic carbocycles. The molecule has 0 bridgehead atoms. The Balaban J connectivity index is 1.69. The molecule has 3 rings (SSSR count). The SMILES string of the molecule is O=S(=O)(CCNc1nonc1C(=Nc1ccc(F)c(Br)c1)NO)N1CCNCC1. The van der Waals surface area contributed by atoms with Crippen LogP contribution in [0.1, 0.15) is 5.69 Å². The molecule has 0 amide bonds. The van der Waals surface area contributed by atoms with Gasteiger partial charge in [0.1, 0.15) is 5.82 Å². The number of piperazine rings is 1. The molecule has 1 aromatic carbocycles. The lowest BCUT2D eigenvalue weighted by atomic mass is 10.3. The van der Waals surface area contributed by atoms with Gasteiger partial charge in [0, 0.05) is 32.7 Å². The maximum Gasteiger partial charge on any atom is 0.215 e. The summed E-state index contributed by atoms with van der Waals surface area (Å²) in [5, 5.41) is 22.7. The van der Waals surface area contributed by atoms with Gasteiger partial charge in [0.05, 0.1) is 15.9 Å². The van der Waals surface area contributed by atoms with Gasteiger partial charge in [-0.15, -0.1) is 0 Å². The number of anilines is 1. The van der Waals surface area contributed by atoms with Crippen molar-refractivity contribution in [3.8, 4) is 0 Å². The zero-order valence-electron chi connectivity index (χ0n) is 15.1.